The predicted molar refractivity (Wildman–Crippen MR) is 362 cm³/mol. The first-order valence-electron chi connectivity index (χ1n) is 34.7. The zero-order valence-electron chi connectivity index (χ0n) is 54.2. The number of rotatable bonds is 62. The number of esters is 3. The van der Waals surface area contributed by atoms with Crippen LogP contribution in [0.4, 0.5) is 0 Å². The molecule has 0 aromatic heterocycles. The molecule has 0 bridgehead atoms. The van der Waals surface area contributed by atoms with Crippen molar-refractivity contribution >= 4 is 17.9 Å². The third kappa shape index (κ3) is 68.2. The molecule has 0 fully saturated rings. The number of ether oxygens (including phenoxy) is 3. The number of carbonyl (C=O) groups excluding carboxylic acids is 3. The zero-order valence-corrected chi connectivity index (χ0v) is 54.2. The summed E-state index contributed by atoms with van der Waals surface area (Å²) in [7, 11) is 0. The van der Waals surface area contributed by atoms with Crippen molar-refractivity contribution in [1.29, 1.82) is 0 Å². The summed E-state index contributed by atoms with van der Waals surface area (Å²) < 4.78 is 16.9. The highest BCUT2D eigenvalue weighted by atomic mass is 16.6. The molecule has 0 saturated heterocycles. The molecule has 0 radical (unpaired) electrons. The predicted octanol–water partition coefficient (Wildman–Crippen LogP) is 24.1. The number of carbonyl (C=O) groups is 3. The summed E-state index contributed by atoms with van der Waals surface area (Å²) in [6.45, 7) is 6.34. The van der Waals surface area contributed by atoms with E-state index in [-0.39, 0.29) is 31.6 Å². The van der Waals surface area contributed by atoms with E-state index in [2.05, 4.69) is 142 Å². The van der Waals surface area contributed by atoms with Crippen LogP contribution in [0.5, 0.6) is 0 Å². The average molecular weight is 1150 g/mol. The van der Waals surface area contributed by atoms with Crippen molar-refractivity contribution in [3.05, 3.63) is 134 Å². The van der Waals surface area contributed by atoms with Gasteiger partial charge in [-0.2, -0.15) is 0 Å². The molecule has 1 atom stereocenters. The Morgan fingerprint density at radius 1 is 0.265 bits per heavy atom. The maximum Gasteiger partial charge on any atom is 0.309 e. The van der Waals surface area contributed by atoms with E-state index in [0.717, 1.165) is 103 Å². The maximum atomic E-state index is 12.9. The van der Waals surface area contributed by atoms with E-state index in [1.54, 1.807) is 6.08 Å². The molecule has 0 spiro atoms. The lowest BCUT2D eigenvalue weighted by Crippen LogP contribution is -2.30. The monoisotopic (exact) mass is 1150 g/mol. The summed E-state index contributed by atoms with van der Waals surface area (Å²) in [6, 6.07) is 0. The summed E-state index contributed by atoms with van der Waals surface area (Å²) in [5.74, 6) is -1.04. The maximum absolute atomic E-state index is 12.9. The Kier molecular flexibility index (Phi) is 66.3. The van der Waals surface area contributed by atoms with Gasteiger partial charge in [-0.3, -0.25) is 14.4 Å². The van der Waals surface area contributed by atoms with Gasteiger partial charge in [-0.25, -0.2) is 0 Å². The van der Waals surface area contributed by atoms with Gasteiger partial charge in [0.05, 0.1) is 6.42 Å². The number of unbranched alkanes of at least 4 members (excludes halogenated alkanes) is 30. The molecule has 0 aliphatic rings. The standard InChI is InChI=1S/C77H128O6/c1-4-7-10-13-16-19-22-25-28-30-32-34-35-36-37-38-39-40-41-43-44-46-49-52-55-58-61-64-67-70-76(79)82-73-74(72-81-75(78)69-66-63-60-57-54-51-48-27-24-21-18-15-12-9-6-3)83-77(80)71-68-65-62-59-56-53-50-47-45-42-33-31-29-26-23-20-17-14-11-8-5-2/h7,9-10,12,16,18-19,21,23,25-28,31-34,48,54,57,63,66,74H,4-6,8,11,13-15,17,20,22,24,29-30,35-47,49-53,55-56,58-62,64-65,67-73H2,1-3H3/b10-7-,12-9-,19-16-,21-18-,26-23-,28-25-,33-31-,34-32-,48-27-,57-54-,66-63-. The second-order valence-electron chi connectivity index (χ2n) is 22.7. The van der Waals surface area contributed by atoms with E-state index in [0.29, 0.717) is 12.8 Å². The van der Waals surface area contributed by atoms with Gasteiger partial charge in [-0.05, 0) is 116 Å². The van der Waals surface area contributed by atoms with Crippen molar-refractivity contribution < 1.29 is 28.6 Å². The first kappa shape index (κ1) is 78.5. The smallest absolute Gasteiger partial charge is 0.309 e. The Balaban J connectivity index is 4.35. The molecule has 0 aliphatic carbocycles. The van der Waals surface area contributed by atoms with Gasteiger partial charge >= 0.3 is 17.9 Å². The molecule has 0 rings (SSSR count). The summed E-state index contributed by atoms with van der Waals surface area (Å²) in [6.07, 6.45) is 99.3. The molecular weight excluding hydrogens is 1020 g/mol. The highest BCUT2D eigenvalue weighted by molar-refractivity contribution is 5.72. The van der Waals surface area contributed by atoms with Crippen LogP contribution >= 0.6 is 0 Å². The zero-order chi connectivity index (χ0) is 59.9. The van der Waals surface area contributed by atoms with Crippen LogP contribution in [0.15, 0.2) is 134 Å². The van der Waals surface area contributed by atoms with E-state index in [9.17, 15) is 14.4 Å². The highest BCUT2D eigenvalue weighted by Crippen LogP contribution is 2.17. The quantitative estimate of drug-likeness (QED) is 0.0261. The number of hydrogen-bond donors (Lipinski definition) is 0. The molecule has 6 nitrogen and oxygen atoms in total. The Labute approximate surface area is 513 Å². The molecule has 1 unspecified atom stereocenters. The van der Waals surface area contributed by atoms with Crippen LogP contribution < -0.4 is 0 Å². The molecule has 0 amide bonds. The minimum absolute atomic E-state index is 0.111. The van der Waals surface area contributed by atoms with Crippen molar-refractivity contribution in [3.63, 3.8) is 0 Å². The van der Waals surface area contributed by atoms with Crippen molar-refractivity contribution in [2.75, 3.05) is 13.2 Å². The highest BCUT2D eigenvalue weighted by Gasteiger charge is 2.19. The van der Waals surface area contributed by atoms with E-state index < -0.39 is 12.1 Å². The fourth-order valence-electron chi connectivity index (χ4n) is 9.54. The molecule has 0 aliphatic heterocycles. The van der Waals surface area contributed by atoms with E-state index in [1.165, 1.54) is 173 Å². The van der Waals surface area contributed by atoms with Gasteiger partial charge in [-0.15, -0.1) is 0 Å². The lowest BCUT2D eigenvalue weighted by atomic mass is 10.0. The van der Waals surface area contributed by atoms with E-state index in [1.807, 2.05) is 6.08 Å². The third-order valence-corrected chi connectivity index (χ3v) is 14.7. The van der Waals surface area contributed by atoms with Crippen molar-refractivity contribution in [3.8, 4) is 0 Å². The first-order valence-corrected chi connectivity index (χ1v) is 34.7. The molecule has 472 valence electrons. The second-order valence-corrected chi connectivity index (χ2v) is 22.7. The van der Waals surface area contributed by atoms with Gasteiger partial charge in [-0.1, -0.05) is 315 Å². The minimum atomic E-state index is -0.825. The largest absolute Gasteiger partial charge is 0.462 e. The van der Waals surface area contributed by atoms with Gasteiger partial charge in [0.25, 0.3) is 0 Å². The fourth-order valence-corrected chi connectivity index (χ4v) is 9.54. The van der Waals surface area contributed by atoms with E-state index in [4.69, 9.17) is 14.2 Å². The minimum Gasteiger partial charge on any atom is -0.462 e. The van der Waals surface area contributed by atoms with Gasteiger partial charge in [0.1, 0.15) is 13.2 Å². The Morgan fingerprint density at radius 2 is 0.518 bits per heavy atom. The SMILES string of the molecule is CC/C=C\C/C=C\C/C=C\C/C=C\C/C=C\CC(=O)OCC(COC(=O)CCCCCCCCCCCCCCCCCC/C=C\C/C=C\C/C=C\C/C=C\CC)OC(=O)CCCCCCCCCCC/C=C\C/C=C\CCCCCCC. The second kappa shape index (κ2) is 70.0. The van der Waals surface area contributed by atoms with Gasteiger partial charge < -0.3 is 14.2 Å². The van der Waals surface area contributed by atoms with Crippen LogP contribution in [0.25, 0.3) is 0 Å². The molecule has 0 aromatic rings. The van der Waals surface area contributed by atoms with Crippen LogP contribution in [0.2, 0.25) is 0 Å². The molecule has 83 heavy (non-hydrogen) atoms. The molecule has 0 N–H and O–H groups in total. The Bertz CT molecular complexity index is 1750. The summed E-state index contributed by atoms with van der Waals surface area (Å²) in [4.78, 5) is 38.4. The number of hydrogen-bond acceptors (Lipinski definition) is 6. The summed E-state index contributed by atoms with van der Waals surface area (Å²) in [5.41, 5.74) is 0. The average Bonchev–Trinajstić information content (AvgIpc) is 3.49. The van der Waals surface area contributed by atoms with Crippen molar-refractivity contribution in [2.45, 2.75) is 322 Å². The van der Waals surface area contributed by atoms with Crippen LogP contribution in [0.3, 0.4) is 0 Å². The molecule has 0 saturated carbocycles. The van der Waals surface area contributed by atoms with Crippen LogP contribution in [0.1, 0.15) is 316 Å². The normalized spacial score (nSPS) is 13.0. The Morgan fingerprint density at radius 3 is 0.843 bits per heavy atom. The summed E-state index contributed by atoms with van der Waals surface area (Å²) >= 11 is 0. The topological polar surface area (TPSA) is 78.9 Å². The van der Waals surface area contributed by atoms with Crippen LogP contribution in [-0.2, 0) is 28.6 Å². The van der Waals surface area contributed by atoms with Crippen LogP contribution in [-0.4, -0.2) is 37.2 Å². The molecule has 0 aromatic carbocycles. The van der Waals surface area contributed by atoms with Gasteiger partial charge in [0.2, 0.25) is 0 Å². The Hall–Kier alpha value is -4.45. The third-order valence-electron chi connectivity index (χ3n) is 14.7. The van der Waals surface area contributed by atoms with Gasteiger partial charge in [0.15, 0.2) is 6.10 Å². The van der Waals surface area contributed by atoms with Crippen LogP contribution in [0, 0.1) is 0 Å². The van der Waals surface area contributed by atoms with E-state index >= 15 is 0 Å². The molecule has 6 heteroatoms. The lowest BCUT2D eigenvalue weighted by molar-refractivity contribution is -0.166. The fraction of sp³-hybridized carbons (Fsp3) is 0.675. The summed E-state index contributed by atoms with van der Waals surface area (Å²) in [5, 5.41) is 0. The molecular formula is C77H128O6. The molecule has 0 heterocycles. The van der Waals surface area contributed by atoms with Crippen molar-refractivity contribution in [2.24, 2.45) is 0 Å². The van der Waals surface area contributed by atoms with Gasteiger partial charge in [0, 0.05) is 12.8 Å². The number of allylic oxidation sites excluding steroid dienone is 21. The lowest BCUT2D eigenvalue weighted by Gasteiger charge is -2.18. The van der Waals surface area contributed by atoms with Crippen molar-refractivity contribution in [1.82, 2.24) is 0 Å². The first-order chi connectivity index (χ1) is 41.0.